The Bertz CT molecular complexity index is 973. The fourth-order valence-corrected chi connectivity index (χ4v) is 4.08. The lowest BCUT2D eigenvalue weighted by atomic mass is 9.97. The van der Waals surface area contributed by atoms with Crippen LogP contribution in [-0.4, -0.2) is 43.0 Å². The highest BCUT2D eigenvalue weighted by Crippen LogP contribution is 2.23. The highest BCUT2D eigenvalue weighted by molar-refractivity contribution is 7.88. The first kappa shape index (κ1) is 17.6. The third-order valence-corrected chi connectivity index (χ3v) is 5.91. The van der Waals surface area contributed by atoms with Crippen LogP contribution in [-0.2, 0) is 14.8 Å². The second-order valence-electron chi connectivity index (χ2n) is 6.50. The standard InChI is InChI=1S/C17H21N3O4S/c1-11-9-16(21)19-15-10-13(3-4-14(11)15)18-17(22)12-5-7-20(8-6-12)25(2,23)24/h3-4,9-10,12H,5-8H2,1-2H3,(H,18,22)(H,19,21). The molecule has 0 saturated carbocycles. The van der Waals surface area contributed by atoms with Crippen LogP contribution in [0.1, 0.15) is 18.4 Å². The summed E-state index contributed by atoms with van der Waals surface area (Å²) < 4.78 is 24.5. The number of hydrogen-bond donors (Lipinski definition) is 2. The van der Waals surface area contributed by atoms with Crippen molar-refractivity contribution < 1.29 is 13.2 Å². The maximum absolute atomic E-state index is 12.4. The molecule has 3 rings (SSSR count). The molecule has 7 nitrogen and oxygen atoms in total. The number of sulfonamides is 1. The summed E-state index contributed by atoms with van der Waals surface area (Å²) in [5.41, 5.74) is 1.99. The van der Waals surface area contributed by atoms with Crippen LogP contribution in [0.3, 0.4) is 0 Å². The molecule has 0 atom stereocenters. The van der Waals surface area contributed by atoms with Gasteiger partial charge in [0.1, 0.15) is 0 Å². The van der Waals surface area contributed by atoms with Crippen LogP contribution in [0.15, 0.2) is 29.1 Å². The molecule has 0 bridgehead atoms. The molecule has 2 N–H and O–H groups in total. The SMILES string of the molecule is Cc1cc(=O)[nH]c2cc(NC(=O)C3CCN(S(C)(=O)=O)CC3)ccc12. The van der Waals surface area contributed by atoms with Gasteiger partial charge in [-0.25, -0.2) is 12.7 Å². The van der Waals surface area contributed by atoms with Gasteiger partial charge in [0.15, 0.2) is 0 Å². The van der Waals surface area contributed by atoms with Crippen molar-refractivity contribution >= 4 is 32.5 Å². The molecule has 2 aromatic rings. The Hall–Kier alpha value is -2.19. The van der Waals surface area contributed by atoms with E-state index in [1.54, 1.807) is 12.1 Å². The lowest BCUT2D eigenvalue weighted by Crippen LogP contribution is -2.40. The van der Waals surface area contributed by atoms with Gasteiger partial charge in [-0.1, -0.05) is 6.07 Å². The second-order valence-corrected chi connectivity index (χ2v) is 8.48. The Morgan fingerprint density at radius 2 is 1.92 bits per heavy atom. The van der Waals surface area contributed by atoms with Crippen LogP contribution in [0.4, 0.5) is 5.69 Å². The molecule has 0 aliphatic carbocycles. The highest BCUT2D eigenvalue weighted by atomic mass is 32.2. The summed E-state index contributed by atoms with van der Waals surface area (Å²) in [4.78, 5) is 26.8. The molecule has 25 heavy (non-hydrogen) atoms. The van der Waals surface area contributed by atoms with Gasteiger partial charge in [0.25, 0.3) is 0 Å². The number of nitrogens with zero attached hydrogens (tertiary/aromatic N) is 1. The number of nitrogens with one attached hydrogen (secondary N) is 2. The van der Waals surface area contributed by atoms with Crippen LogP contribution >= 0.6 is 0 Å². The summed E-state index contributed by atoms with van der Waals surface area (Å²) in [6.07, 6.45) is 2.19. The molecule has 1 aliphatic rings. The summed E-state index contributed by atoms with van der Waals surface area (Å²) in [7, 11) is -3.20. The fourth-order valence-electron chi connectivity index (χ4n) is 3.21. The van der Waals surface area contributed by atoms with Crippen LogP contribution in [0.5, 0.6) is 0 Å². The van der Waals surface area contributed by atoms with E-state index in [0.717, 1.165) is 10.9 Å². The van der Waals surface area contributed by atoms with E-state index in [4.69, 9.17) is 0 Å². The van der Waals surface area contributed by atoms with Crippen molar-refractivity contribution in [3.8, 4) is 0 Å². The summed E-state index contributed by atoms with van der Waals surface area (Å²) >= 11 is 0. The van der Waals surface area contributed by atoms with Crippen LogP contribution in [0.25, 0.3) is 10.9 Å². The minimum atomic E-state index is -3.20. The van der Waals surface area contributed by atoms with Crippen molar-refractivity contribution in [2.45, 2.75) is 19.8 Å². The van der Waals surface area contributed by atoms with E-state index in [-0.39, 0.29) is 17.4 Å². The molecule has 1 amide bonds. The monoisotopic (exact) mass is 363 g/mol. The zero-order chi connectivity index (χ0) is 18.2. The number of aromatic amines is 1. The molecule has 0 radical (unpaired) electrons. The molecule has 2 heterocycles. The lowest BCUT2D eigenvalue weighted by molar-refractivity contribution is -0.120. The molecule has 1 aliphatic heterocycles. The summed E-state index contributed by atoms with van der Waals surface area (Å²) in [5, 5.41) is 3.80. The van der Waals surface area contributed by atoms with Crippen molar-refractivity contribution in [2.75, 3.05) is 24.7 Å². The van der Waals surface area contributed by atoms with Crippen molar-refractivity contribution in [2.24, 2.45) is 5.92 Å². The molecular formula is C17H21N3O4S. The van der Waals surface area contributed by atoms with E-state index in [2.05, 4.69) is 10.3 Å². The highest BCUT2D eigenvalue weighted by Gasteiger charge is 2.28. The number of piperidine rings is 1. The maximum atomic E-state index is 12.4. The predicted octanol–water partition coefficient (Wildman–Crippen LogP) is 1.45. The Morgan fingerprint density at radius 1 is 1.24 bits per heavy atom. The zero-order valence-corrected chi connectivity index (χ0v) is 15.0. The van der Waals surface area contributed by atoms with Crippen LogP contribution in [0.2, 0.25) is 0 Å². The van der Waals surface area contributed by atoms with E-state index in [1.165, 1.54) is 16.6 Å². The van der Waals surface area contributed by atoms with Gasteiger partial charge in [-0.2, -0.15) is 0 Å². The lowest BCUT2D eigenvalue weighted by Gasteiger charge is -2.29. The normalized spacial score (nSPS) is 16.9. The molecule has 134 valence electrons. The number of rotatable bonds is 3. The molecule has 1 fully saturated rings. The average Bonchev–Trinajstić information content (AvgIpc) is 2.53. The minimum Gasteiger partial charge on any atom is -0.326 e. The molecule has 1 aromatic heterocycles. The Morgan fingerprint density at radius 3 is 2.56 bits per heavy atom. The number of anilines is 1. The first-order valence-corrected chi connectivity index (χ1v) is 9.98. The van der Waals surface area contributed by atoms with E-state index in [1.807, 2.05) is 13.0 Å². The number of benzene rings is 1. The number of carbonyl (C=O) groups excluding carboxylic acids is 1. The quantitative estimate of drug-likeness (QED) is 0.862. The van der Waals surface area contributed by atoms with Gasteiger partial charge in [-0.3, -0.25) is 9.59 Å². The number of pyridine rings is 1. The Kier molecular flexibility index (Phi) is 4.66. The number of hydrogen-bond acceptors (Lipinski definition) is 4. The van der Waals surface area contributed by atoms with E-state index in [9.17, 15) is 18.0 Å². The predicted molar refractivity (Wildman–Crippen MR) is 97.1 cm³/mol. The third kappa shape index (κ3) is 3.91. The first-order chi connectivity index (χ1) is 11.7. The number of H-pyrrole nitrogens is 1. The molecule has 1 aromatic carbocycles. The van der Waals surface area contributed by atoms with E-state index >= 15 is 0 Å². The van der Waals surface area contributed by atoms with Crippen LogP contribution < -0.4 is 10.9 Å². The van der Waals surface area contributed by atoms with E-state index in [0.29, 0.717) is 37.1 Å². The van der Waals surface area contributed by atoms with Gasteiger partial charge in [-0.15, -0.1) is 0 Å². The van der Waals surface area contributed by atoms with Crippen molar-refractivity contribution in [3.63, 3.8) is 0 Å². The number of fused-ring (bicyclic) bond motifs is 1. The summed E-state index contributed by atoms with van der Waals surface area (Å²) in [6, 6.07) is 6.95. The molecule has 0 spiro atoms. The fraction of sp³-hybridized carbons (Fsp3) is 0.412. The first-order valence-electron chi connectivity index (χ1n) is 8.14. The minimum absolute atomic E-state index is 0.123. The van der Waals surface area contributed by atoms with Gasteiger partial charge in [0.2, 0.25) is 21.5 Å². The maximum Gasteiger partial charge on any atom is 0.248 e. The summed E-state index contributed by atoms with van der Waals surface area (Å²) in [5.74, 6) is -0.340. The van der Waals surface area contributed by atoms with Gasteiger partial charge in [-0.05, 0) is 37.5 Å². The molecule has 0 unspecified atom stereocenters. The van der Waals surface area contributed by atoms with Crippen molar-refractivity contribution in [1.29, 1.82) is 0 Å². The van der Waals surface area contributed by atoms with E-state index < -0.39 is 10.0 Å². The Balaban J connectivity index is 1.71. The largest absolute Gasteiger partial charge is 0.326 e. The number of aromatic nitrogens is 1. The number of amides is 1. The van der Waals surface area contributed by atoms with Crippen molar-refractivity contribution in [3.05, 3.63) is 40.2 Å². The molecule has 1 saturated heterocycles. The topological polar surface area (TPSA) is 99.3 Å². The van der Waals surface area contributed by atoms with Crippen LogP contribution in [0, 0.1) is 12.8 Å². The van der Waals surface area contributed by atoms with Gasteiger partial charge in [0.05, 0.1) is 11.8 Å². The smallest absolute Gasteiger partial charge is 0.248 e. The van der Waals surface area contributed by atoms with Gasteiger partial charge in [0, 0.05) is 36.1 Å². The van der Waals surface area contributed by atoms with Gasteiger partial charge >= 0.3 is 0 Å². The van der Waals surface area contributed by atoms with Gasteiger partial charge < -0.3 is 10.3 Å². The van der Waals surface area contributed by atoms with Crippen molar-refractivity contribution in [1.82, 2.24) is 9.29 Å². The molecular weight excluding hydrogens is 342 g/mol. The Labute approximate surface area is 146 Å². The number of aryl methyl sites for hydroxylation is 1. The second kappa shape index (κ2) is 6.61. The number of carbonyl (C=O) groups is 1. The average molecular weight is 363 g/mol. The zero-order valence-electron chi connectivity index (χ0n) is 14.2. The summed E-state index contributed by atoms with van der Waals surface area (Å²) in [6.45, 7) is 2.59. The molecule has 8 heteroatoms. The third-order valence-electron chi connectivity index (χ3n) is 4.61.